The van der Waals surface area contributed by atoms with E-state index in [0.717, 1.165) is 68.7 Å². The van der Waals surface area contributed by atoms with Gasteiger partial charge in [-0.3, -0.25) is 4.79 Å². The largest absolute Gasteiger partial charge is 0.355 e. The first-order valence-electron chi connectivity index (χ1n) is 12.7. The molecule has 192 valence electrons. The molecule has 1 atom stereocenters. The number of nitrogens with zero attached hydrogens (tertiary/aromatic N) is 7. The second-order valence-corrected chi connectivity index (χ2v) is 11.0. The number of carbonyl (C=O) groups excluding carboxylic acids is 1. The number of amides is 1. The predicted octanol–water partition coefficient (Wildman–Crippen LogP) is 3.19. The average molecular weight is 511 g/mol. The Kier molecular flexibility index (Phi) is 6.78. The van der Waals surface area contributed by atoms with Crippen molar-refractivity contribution >= 4 is 34.9 Å². The van der Waals surface area contributed by atoms with Crippen LogP contribution in [0.3, 0.4) is 0 Å². The summed E-state index contributed by atoms with van der Waals surface area (Å²) >= 11 is 6.53. The quantitative estimate of drug-likeness (QED) is 0.564. The van der Waals surface area contributed by atoms with Crippen LogP contribution in [0.5, 0.6) is 0 Å². The Balaban J connectivity index is 1.23. The van der Waals surface area contributed by atoms with Crippen molar-refractivity contribution in [2.45, 2.75) is 45.2 Å². The van der Waals surface area contributed by atoms with Gasteiger partial charge in [0.15, 0.2) is 5.82 Å². The zero-order chi connectivity index (χ0) is 25.4. The van der Waals surface area contributed by atoms with E-state index in [0.29, 0.717) is 11.1 Å². The van der Waals surface area contributed by atoms with Crippen LogP contribution in [0, 0.1) is 5.92 Å². The number of piperazine rings is 1. The monoisotopic (exact) mass is 510 g/mol. The fourth-order valence-corrected chi connectivity index (χ4v) is 5.39. The second kappa shape index (κ2) is 9.86. The number of imidazole rings is 1. The van der Waals surface area contributed by atoms with E-state index in [9.17, 15) is 4.79 Å². The van der Waals surface area contributed by atoms with Crippen molar-refractivity contribution in [2.24, 2.45) is 5.92 Å². The minimum Gasteiger partial charge on any atom is -0.355 e. The Morgan fingerprint density at radius 1 is 1.08 bits per heavy atom. The van der Waals surface area contributed by atoms with Crippen LogP contribution >= 0.6 is 11.6 Å². The maximum absolute atomic E-state index is 13.3. The van der Waals surface area contributed by atoms with Crippen molar-refractivity contribution in [1.82, 2.24) is 29.6 Å². The summed E-state index contributed by atoms with van der Waals surface area (Å²) in [6.45, 7) is 10.5. The molecule has 10 heteroatoms. The lowest BCUT2D eigenvalue weighted by atomic mass is 9.93. The van der Waals surface area contributed by atoms with Crippen LogP contribution in [0.1, 0.15) is 39.3 Å². The second-order valence-electron chi connectivity index (χ2n) is 10.6. The third-order valence-electron chi connectivity index (χ3n) is 7.61. The predicted molar refractivity (Wildman–Crippen MR) is 143 cm³/mol. The van der Waals surface area contributed by atoms with Gasteiger partial charge in [-0.2, -0.15) is 4.98 Å². The molecule has 0 bridgehead atoms. The first kappa shape index (κ1) is 24.8. The van der Waals surface area contributed by atoms with Gasteiger partial charge >= 0.3 is 0 Å². The van der Waals surface area contributed by atoms with Gasteiger partial charge in [0.1, 0.15) is 10.7 Å². The molecule has 2 aliphatic rings. The van der Waals surface area contributed by atoms with Gasteiger partial charge in [0.2, 0.25) is 11.9 Å². The molecule has 1 amide bonds. The van der Waals surface area contributed by atoms with Crippen LogP contribution in [0.15, 0.2) is 36.8 Å². The number of hydrogen-bond donors (Lipinski definition) is 1. The van der Waals surface area contributed by atoms with E-state index < -0.39 is 5.54 Å². The van der Waals surface area contributed by atoms with Gasteiger partial charge in [0.25, 0.3) is 0 Å². The summed E-state index contributed by atoms with van der Waals surface area (Å²) < 4.78 is 2.03. The minimum atomic E-state index is -0.542. The third kappa shape index (κ3) is 4.86. The molecule has 0 radical (unpaired) electrons. The van der Waals surface area contributed by atoms with E-state index in [1.54, 1.807) is 6.20 Å². The van der Waals surface area contributed by atoms with Crippen LogP contribution in [0.25, 0.3) is 5.65 Å². The summed E-state index contributed by atoms with van der Waals surface area (Å²) in [6.07, 6.45) is 7.02. The number of rotatable bonds is 5. The number of anilines is 2. The summed E-state index contributed by atoms with van der Waals surface area (Å²) in [6, 6.07) is 6.34. The lowest BCUT2D eigenvalue weighted by Gasteiger charge is -2.38. The standard InChI is InChI=1S/C26H35ClN8O/c1-18-17-34(14-13-32(18)4)25-29-15-20(27)23(30-25)33-11-8-19(9-12-33)24(36)31-26(2,3)21-16-28-22-7-5-6-10-35(21)22/h5-7,10,15-16,18-19H,8-9,11-14,17H2,1-4H3,(H,31,36)/t18-/m1/s1. The number of aromatic nitrogens is 4. The molecular formula is C26H35ClN8O. The van der Waals surface area contributed by atoms with Crippen LogP contribution in [0.4, 0.5) is 11.8 Å². The Hall–Kier alpha value is -2.91. The highest BCUT2D eigenvalue weighted by atomic mass is 35.5. The van der Waals surface area contributed by atoms with Crippen molar-refractivity contribution < 1.29 is 4.79 Å². The number of nitrogens with one attached hydrogen (secondary N) is 1. The van der Waals surface area contributed by atoms with Gasteiger partial charge in [-0.25, -0.2) is 9.97 Å². The highest BCUT2D eigenvalue weighted by Crippen LogP contribution is 2.30. The number of piperidine rings is 1. The van der Waals surface area contributed by atoms with Crippen molar-refractivity contribution in [3.05, 3.63) is 47.5 Å². The molecule has 5 heterocycles. The number of likely N-dealkylation sites (N-methyl/N-ethyl adjacent to an activating group) is 1. The smallest absolute Gasteiger partial charge is 0.227 e. The highest BCUT2D eigenvalue weighted by Gasteiger charge is 2.33. The molecule has 0 unspecified atom stereocenters. The first-order valence-corrected chi connectivity index (χ1v) is 13.1. The van der Waals surface area contributed by atoms with Crippen LogP contribution in [0.2, 0.25) is 5.02 Å². The molecule has 36 heavy (non-hydrogen) atoms. The summed E-state index contributed by atoms with van der Waals surface area (Å²) in [4.78, 5) is 33.9. The summed E-state index contributed by atoms with van der Waals surface area (Å²) in [7, 11) is 2.15. The van der Waals surface area contributed by atoms with Crippen LogP contribution < -0.4 is 15.1 Å². The molecule has 3 aromatic heterocycles. The highest BCUT2D eigenvalue weighted by molar-refractivity contribution is 6.32. The van der Waals surface area contributed by atoms with Crippen molar-refractivity contribution in [3.8, 4) is 0 Å². The molecule has 0 aromatic carbocycles. The lowest BCUT2D eigenvalue weighted by Crippen LogP contribution is -2.50. The van der Waals surface area contributed by atoms with E-state index in [2.05, 4.69) is 44.0 Å². The van der Waals surface area contributed by atoms with Crippen molar-refractivity contribution in [2.75, 3.05) is 49.6 Å². The summed E-state index contributed by atoms with van der Waals surface area (Å²) in [5.41, 5.74) is 1.29. The van der Waals surface area contributed by atoms with Gasteiger partial charge in [0, 0.05) is 50.9 Å². The van der Waals surface area contributed by atoms with Crippen LogP contribution in [-0.4, -0.2) is 76.0 Å². The molecular weight excluding hydrogens is 476 g/mol. The zero-order valence-electron chi connectivity index (χ0n) is 21.5. The molecule has 1 N–H and O–H groups in total. The fraction of sp³-hybridized carbons (Fsp3) is 0.538. The Labute approximate surface area is 217 Å². The Morgan fingerprint density at radius 2 is 1.86 bits per heavy atom. The molecule has 3 aromatic rings. The number of pyridine rings is 1. The van der Waals surface area contributed by atoms with E-state index in [1.165, 1.54) is 0 Å². The number of halogens is 1. The van der Waals surface area contributed by atoms with E-state index in [-0.39, 0.29) is 11.8 Å². The van der Waals surface area contributed by atoms with Crippen molar-refractivity contribution in [3.63, 3.8) is 0 Å². The number of fused-ring (bicyclic) bond motifs is 1. The van der Waals surface area contributed by atoms with E-state index in [1.807, 2.05) is 48.8 Å². The first-order chi connectivity index (χ1) is 17.2. The molecule has 2 fully saturated rings. The van der Waals surface area contributed by atoms with Gasteiger partial charge in [-0.05, 0) is 52.8 Å². The third-order valence-corrected chi connectivity index (χ3v) is 7.88. The molecule has 0 spiro atoms. The fourth-order valence-electron chi connectivity index (χ4n) is 5.18. The summed E-state index contributed by atoms with van der Waals surface area (Å²) in [5.74, 6) is 1.51. The van der Waals surface area contributed by atoms with Gasteiger partial charge in [0.05, 0.1) is 23.6 Å². The maximum atomic E-state index is 13.3. The van der Waals surface area contributed by atoms with Gasteiger partial charge < -0.3 is 24.4 Å². The molecule has 0 aliphatic carbocycles. The lowest BCUT2D eigenvalue weighted by molar-refractivity contribution is -0.127. The Bertz CT molecular complexity index is 1240. The van der Waals surface area contributed by atoms with Crippen LogP contribution in [-0.2, 0) is 10.3 Å². The van der Waals surface area contributed by atoms with Crippen molar-refractivity contribution in [1.29, 1.82) is 0 Å². The normalized spacial score (nSPS) is 20.2. The minimum absolute atomic E-state index is 0.0572. The molecule has 5 rings (SSSR count). The van der Waals surface area contributed by atoms with E-state index in [4.69, 9.17) is 16.6 Å². The number of hydrogen-bond acceptors (Lipinski definition) is 7. The molecule has 2 aliphatic heterocycles. The number of carbonyl (C=O) groups is 1. The van der Waals surface area contributed by atoms with E-state index >= 15 is 0 Å². The zero-order valence-corrected chi connectivity index (χ0v) is 22.2. The molecule has 2 saturated heterocycles. The SMILES string of the molecule is C[C@@H]1CN(c2ncc(Cl)c(N3CCC(C(=O)NC(C)(C)c4cnc5ccccn45)CC3)n2)CCN1C. The average Bonchev–Trinajstić information content (AvgIpc) is 3.31. The maximum Gasteiger partial charge on any atom is 0.227 e. The topological polar surface area (TPSA) is 81.9 Å². The molecule has 0 saturated carbocycles. The molecule has 9 nitrogen and oxygen atoms in total. The Morgan fingerprint density at radius 3 is 2.61 bits per heavy atom. The van der Waals surface area contributed by atoms with Gasteiger partial charge in [-0.1, -0.05) is 17.7 Å². The summed E-state index contributed by atoms with van der Waals surface area (Å²) in [5, 5.41) is 3.82. The van der Waals surface area contributed by atoms with Gasteiger partial charge in [-0.15, -0.1) is 0 Å².